The summed E-state index contributed by atoms with van der Waals surface area (Å²) in [6.45, 7) is 4.88. The maximum Gasteiger partial charge on any atom is 0.396 e. The molecule has 0 aromatic carbocycles. The zero-order valence-corrected chi connectivity index (χ0v) is 16.1. The van der Waals surface area contributed by atoms with Gasteiger partial charge in [-0.15, -0.1) is 0 Å². The van der Waals surface area contributed by atoms with Crippen LogP contribution in [0.2, 0.25) is 0 Å². The van der Waals surface area contributed by atoms with E-state index in [1.807, 2.05) is 0 Å². The molecule has 144 valence electrons. The molecule has 5 heteroatoms. The molecule has 5 nitrogen and oxygen atoms in total. The number of rotatable bonds is 1. The maximum absolute atomic E-state index is 11.4. The van der Waals surface area contributed by atoms with Gasteiger partial charge in [0.2, 0.25) is 0 Å². The van der Waals surface area contributed by atoms with Crippen LogP contribution in [-0.2, 0) is 9.59 Å². The zero-order valence-electron chi connectivity index (χ0n) is 16.1. The quantitative estimate of drug-likeness (QED) is 0.548. The van der Waals surface area contributed by atoms with Crippen LogP contribution in [0.4, 0.5) is 0 Å². The van der Waals surface area contributed by atoms with Crippen LogP contribution in [0.15, 0.2) is 5.10 Å². The van der Waals surface area contributed by atoms with E-state index < -0.39 is 11.9 Å². The first-order valence-electron chi connectivity index (χ1n) is 10.5. The average molecular weight is 360 g/mol. The van der Waals surface area contributed by atoms with Gasteiger partial charge in [-0.1, -0.05) is 26.7 Å². The van der Waals surface area contributed by atoms with Crippen molar-refractivity contribution in [1.29, 1.82) is 0 Å². The zero-order chi connectivity index (χ0) is 18.5. The lowest BCUT2D eigenvalue weighted by atomic mass is 9.45. The molecule has 4 fully saturated rings. The molecule has 0 heterocycles. The molecule has 0 saturated heterocycles. The van der Waals surface area contributed by atoms with Gasteiger partial charge < -0.3 is 5.11 Å². The lowest BCUT2D eigenvalue weighted by molar-refractivity contribution is -0.150. The molecule has 2 N–H and O–H groups in total. The van der Waals surface area contributed by atoms with Gasteiger partial charge in [0, 0.05) is 11.1 Å². The van der Waals surface area contributed by atoms with Crippen LogP contribution in [0.25, 0.3) is 0 Å². The van der Waals surface area contributed by atoms with E-state index in [1.54, 1.807) is 0 Å². The highest BCUT2D eigenvalue weighted by Crippen LogP contribution is 2.65. The van der Waals surface area contributed by atoms with Crippen LogP contribution >= 0.6 is 0 Å². The first-order chi connectivity index (χ1) is 12.4. The minimum Gasteiger partial charge on any atom is -0.474 e. The number of carbonyl (C=O) groups is 2. The van der Waals surface area contributed by atoms with Crippen molar-refractivity contribution in [2.24, 2.45) is 39.6 Å². The summed E-state index contributed by atoms with van der Waals surface area (Å²) in [7, 11) is 0. The number of hydrazone groups is 1. The van der Waals surface area contributed by atoms with Crippen molar-refractivity contribution in [1.82, 2.24) is 5.43 Å². The Balaban J connectivity index is 1.55. The Hall–Kier alpha value is -1.39. The van der Waals surface area contributed by atoms with E-state index in [-0.39, 0.29) is 5.41 Å². The molecule has 4 aliphatic rings. The molecule has 6 atom stereocenters. The van der Waals surface area contributed by atoms with Crippen molar-refractivity contribution in [2.45, 2.75) is 78.1 Å². The first kappa shape index (κ1) is 18.0. The number of hydrogen-bond donors (Lipinski definition) is 2. The maximum atomic E-state index is 11.4. The molecule has 26 heavy (non-hydrogen) atoms. The van der Waals surface area contributed by atoms with Crippen LogP contribution in [0.5, 0.6) is 0 Å². The molecule has 1 amide bonds. The molecule has 6 unspecified atom stereocenters. The highest BCUT2D eigenvalue weighted by atomic mass is 16.4. The molecule has 0 bridgehead atoms. The summed E-state index contributed by atoms with van der Waals surface area (Å²) in [5, 5.41) is 13.0. The largest absolute Gasteiger partial charge is 0.474 e. The van der Waals surface area contributed by atoms with Crippen LogP contribution in [0.1, 0.15) is 78.1 Å². The van der Waals surface area contributed by atoms with Crippen LogP contribution in [0, 0.1) is 34.5 Å². The number of nitrogens with zero attached hydrogens (tertiary/aromatic N) is 1. The molecular weight excluding hydrogens is 328 g/mol. The van der Waals surface area contributed by atoms with Crippen LogP contribution < -0.4 is 5.43 Å². The number of fused-ring (bicyclic) bond motifs is 5. The summed E-state index contributed by atoms with van der Waals surface area (Å²) in [4.78, 5) is 22.1. The molecule has 0 aliphatic heterocycles. The monoisotopic (exact) mass is 360 g/mol. The molecule has 0 aromatic rings. The second-order valence-corrected chi connectivity index (χ2v) is 9.70. The minimum atomic E-state index is -1.47. The van der Waals surface area contributed by atoms with Crippen molar-refractivity contribution in [2.75, 3.05) is 0 Å². The Kier molecular flexibility index (Phi) is 4.39. The van der Waals surface area contributed by atoms with Gasteiger partial charge in [0.05, 0.1) is 0 Å². The predicted octanol–water partition coefficient (Wildman–Crippen LogP) is 3.98. The van der Waals surface area contributed by atoms with E-state index in [0.717, 1.165) is 42.7 Å². The van der Waals surface area contributed by atoms with E-state index in [9.17, 15) is 9.59 Å². The van der Waals surface area contributed by atoms with Gasteiger partial charge in [-0.2, -0.15) is 5.10 Å². The molecule has 4 rings (SSSR count). The van der Waals surface area contributed by atoms with Crippen molar-refractivity contribution >= 4 is 17.6 Å². The number of nitrogens with one attached hydrogen (secondary N) is 1. The Morgan fingerprint density at radius 2 is 1.85 bits per heavy atom. The fourth-order valence-electron chi connectivity index (χ4n) is 7.43. The number of amides is 1. The Morgan fingerprint density at radius 3 is 2.62 bits per heavy atom. The fourth-order valence-corrected chi connectivity index (χ4v) is 7.43. The number of carboxylic acids is 1. The van der Waals surface area contributed by atoms with Crippen molar-refractivity contribution < 1.29 is 14.7 Å². The average Bonchev–Trinajstić information content (AvgIpc) is 2.95. The van der Waals surface area contributed by atoms with E-state index in [2.05, 4.69) is 24.4 Å². The second kappa shape index (κ2) is 6.35. The van der Waals surface area contributed by atoms with Gasteiger partial charge in [-0.3, -0.25) is 4.79 Å². The Labute approximate surface area is 156 Å². The van der Waals surface area contributed by atoms with E-state index in [4.69, 9.17) is 5.11 Å². The lowest BCUT2D eigenvalue weighted by Crippen LogP contribution is -2.52. The molecule has 0 spiro atoms. The van der Waals surface area contributed by atoms with Crippen molar-refractivity contribution in [3.05, 3.63) is 0 Å². The summed E-state index contributed by atoms with van der Waals surface area (Å²) in [5.74, 6) is 0.672. The summed E-state index contributed by atoms with van der Waals surface area (Å²) < 4.78 is 0. The number of carbonyl (C=O) groups excluding carboxylic acids is 1. The highest BCUT2D eigenvalue weighted by Gasteiger charge is 2.58. The summed E-state index contributed by atoms with van der Waals surface area (Å²) in [6.07, 6.45) is 12.8. The van der Waals surface area contributed by atoms with Crippen molar-refractivity contribution in [3.63, 3.8) is 0 Å². The second-order valence-electron chi connectivity index (χ2n) is 9.70. The summed E-state index contributed by atoms with van der Waals surface area (Å²) >= 11 is 0. The van der Waals surface area contributed by atoms with Gasteiger partial charge in [0.1, 0.15) is 0 Å². The van der Waals surface area contributed by atoms with E-state index >= 15 is 0 Å². The molecule has 4 aliphatic carbocycles. The lowest BCUT2D eigenvalue weighted by Gasteiger charge is -2.59. The molecule has 0 aromatic heterocycles. The minimum absolute atomic E-state index is 0.0326. The Bertz CT molecular complexity index is 645. The topological polar surface area (TPSA) is 78.8 Å². The van der Waals surface area contributed by atoms with Crippen LogP contribution in [-0.4, -0.2) is 22.7 Å². The molecule has 0 radical (unpaired) electrons. The van der Waals surface area contributed by atoms with Crippen LogP contribution in [0.3, 0.4) is 0 Å². The third kappa shape index (κ3) is 2.61. The third-order valence-electron chi connectivity index (χ3n) is 8.81. The standard InChI is InChI=1S/C21H32N2O3/c1-20-11-4-3-5-13(20)6-7-14-15-8-9-17(22-23-18(24)19(25)26)21(15,2)12-10-16(14)20/h13-16H,3-12H2,1-2H3,(H,23,24)(H,25,26). The smallest absolute Gasteiger partial charge is 0.396 e. The molecule has 4 saturated carbocycles. The fraction of sp³-hybridized carbons (Fsp3) is 0.857. The van der Waals surface area contributed by atoms with Crippen molar-refractivity contribution in [3.8, 4) is 0 Å². The SMILES string of the molecule is CC12CCC3C(CCC4CCCCC43C)C1CCC2=NNC(=O)C(=O)O. The van der Waals surface area contributed by atoms with Gasteiger partial charge in [-0.05, 0) is 80.5 Å². The van der Waals surface area contributed by atoms with Gasteiger partial charge >= 0.3 is 11.9 Å². The van der Waals surface area contributed by atoms with Gasteiger partial charge in [0.25, 0.3) is 0 Å². The number of hydrogen-bond acceptors (Lipinski definition) is 3. The Morgan fingerprint density at radius 1 is 1.04 bits per heavy atom. The van der Waals surface area contributed by atoms with E-state index in [0.29, 0.717) is 11.3 Å². The van der Waals surface area contributed by atoms with Gasteiger partial charge in [0.15, 0.2) is 0 Å². The summed E-state index contributed by atoms with van der Waals surface area (Å²) in [6, 6.07) is 0. The third-order valence-corrected chi connectivity index (χ3v) is 8.81. The molecular formula is C21H32N2O3. The predicted molar refractivity (Wildman–Crippen MR) is 99.6 cm³/mol. The van der Waals surface area contributed by atoms with Gasteiger partial charge in [-0.25, -0.2) is 10.2 Å². The number of carboxylic acid groups (broad SMARTS) is 1. The number of aliphatic carboxylic acids is 1. The summed E-state index contributed by atoms with van der Waals surface area (Å²) in [5.41, 5.74) is 3.84. The first-order valence-corrected chi connectivity index (χ1v) is 10.5. The highest BCUT2D eigenvalue weighted by molar-refractivity contribution is 6.31. The normalized spacial score (nSPS) is 46.2. The van der Waals surface area contributed by atoms with E-state index in [1.165, 1.54) is 44.9 Å².